The Kier molecular flexibility index (Phi) is 5.71. The smallest absolute Gasteiger partial charge is 0.240 e. The molecule has 0 bridgehead atoms. The number of hydrogen-bond donors (Lipinski definition) is 0. The Morgan fingerprint density at radius 2 is 1.68 bits per heavy atom. The highest BCUT2D eigenvalue weighted by molar-refractivity contribution is 7.98. The molecule has 0 spiro atoms. The third-order valence-corrected chi connectivity index (χ3v) is 6.07. The van der Waals surface area contributed by atoms with Crippen molar-refractivity contribution in [2.45, 2.75) is 22.7 Å². The first-order valence-electron chi connectivity index (χ1n) is 7.37. The molecule has 0 radical (unpaired) electrons. The van der Waals surface area contributed by atoms with Gasteiger partial charge in [-0.1, -0.05) is 30.3 Å². The van der Waals surface area contributed by atoms with Crippen molar-refractivity contribution in [3.05, 3.63) is 70.7 Å². The largest absolute Gasteiger partial charge is 0.416 e. The van der Waals surface area contributed by atoms with E-state index in [0.717, 1.165) is 27.6 Å². The number of alkyl halides is 4. The molecule has 7 heteroatoms. The molecule has 2 aromatic carbocycles. The molecule has 25 heavy (non-hydrogen) atoms. The molecule has 1 heterocycles. The molecule has 0 N–H and O–H groups in total. The Labute approximate surface area is 156 Å². The van der Waals surface area contributed by atoms with E-state index in [9.17, 15) is 13.2 Å². The van der Waals surface area contributed by atoms with Gasteiger partial charge in [-0.2, -0.15) is 13.2 Å². The normalized spacial score (nSPS) is 11.7. The minimum Gasteiger partial charge on any atom is -0.240 e. The number of hydrogen-bond acceptors (Lipinski definition) is 3. The summed E-state index contributed by atoms with van der Waals surface area (Å²) in [6, 6.07) is 15.0. The number of benzene rings is 2. The van der Waals surface area contributed by atoms with E-state index >= 15 is 0 Å². The van der Waals surface area contributed by atoms with Crippen LogP contribution in [0.5, 0.6) is 0 Å². The standard InChI is InChI=1S/C18H13ClF3NS2/c19-10-16-15(11-24-14-4-2-1-3-5-14)23-17(25-16)12-6-8-13(9-7-12)18(20,21)22/h1-9H,10-11H2. The molecule has 0 atom stereocenters. The Hall–Kier alpha value is -1.50. The molecule has 0 amide bonds. The summed E-state index contributed by atoms with van der Waals surface area (Å²) in [4.78, 5) is 6.67. The van der Waals surface area contributed by atoms with Crippen LogP contribution >= 0.6 is 34.7 Å². The van der Waals surface area contributed by atoms with Crippen molar-refractivity contribution >= 4 is 34.7 Å². The molecule has 0 saturated carbocycles. The van der Waals surface area contributed by atoms with Crippen molar-refractivity contribution in [2.75, 3.05) is 0 Å². The lowest BCUT2D eigenvalue weighted by atomic mass is 10.1. The third kappa shape index (κ3) is 4.57. The highest BCUT2D eigenvalue weighted by Gasteiger charge is 2.30. The van der Waals surface area contributed by atoms with E-state index in [1.807, 2.05) is 30.3 Å². The molecule has 1 aromatic heterocycles. The Balaban J connectivity index is 1.80. The quantitative estimate of drug-likeness (QED) is 0.343. The average Bonchev–Trinajstić information content (AvgIpc) is 3.03. The summed E-state index contributed by atoms with van der Waals surface area (Å²) in [5, 5.41) is 0.688. The highest BCUT2D eigenvalue weighted by Crippen LogP contribution is 2.35. The maximum absolute atomic E-state index is 12.7. The van der Waals surface area contributed by atoms with E-state index in [4.69, 9.17) is 11.6 Å². The minimum absolute atomic E-state index is 0.336. The third-order valence-electron chi connectivity index (χ3n) is 3.48. The van der Waals surface area contributed by atoms with Crippen molar-refractivity contribution in [1.29, 1.82) is 0 Å². The summed E-state index contributed by atoms with van der Waals surface area (Å²) in [5.41, 5.74) is 0.884. The summed E-state index contributed by atoms with van der Waals surface area (Å²) >= 11 is 9.09. The molecule has 0 aliphatic rings. The lowest BCUT2D eigenvalue weighted by Gasteiger charge is -2.06. The van der Waals surface area contributed by atoms with Gasteiger partial charge in [-0.25, -0.2) is 4.98 Å². The van der Waals surface area contributed by atoms with E-state index in [1.54, 1.807) is 11.8 Å². The number of nitrogens with zero attached hydrogens (tertiary/aromatic N) is 1. The molecule has 130 valence electrons. The van der Waals surface area contributed by atoms with Crippen LogP contribution < -0.4 is 0 Å². The minimum atomic E-state index is -4.33. The van der Waals surface area contributed by atoms with Gasteiger partial charge in [0.2, 0.25) is 0 Å². The second-order valence-corrected chi connectivity index (χ2v) is 7.60. The number of aromatic nitrogens is 1. The van der Waals surface area contributed by atoms with Crippen molar-refractivity contribution < 1.29 is 13.2 Å². The van der Waals surface area contributed by atoms with Gasteiger partial charge in [0, 0.05) is 21.1 Å². The van der Waals surface area contributed by atoms with Gasteiger partial charge in [-0.15, -0.1) is 34.7 Å². The van der Waals surface area contributed by atoms with Gasteiger partial charge in [-0.3, -0.25) is 0 Å². The number of rotatable bonds is 5. The molecule has 0 unspecified atom stereocenters. The Bertz CT molecular complexity index is 830. The summed E-state index contributed by atoms with van der Waals surface area (Å²) in [6.45, 7) is 0. The summed E-state index contributed by atoms with van der Waals surface area (Å²) < 4.78 is 38.0. The number of thiazole rings is 1. The Morgan fingerprint density at radius 3 is 2.28 bits per heavy atom. The summed E-state index contributed by atoms with van der Waals surface area (Å²) in [6.07, 6.45) is -4.33. The zero-order chi connectivity index (χ0) is 17.9. The van der Waals surface area contributed by atoms with Gasteiger partial charge >= 0.3 is 6.18 Å². The van der Waals surface area contributed by atoms with Crippen LogP contribution in [0.3, 0.4) is 0 Å². The van der Waals surface area contributed by atoms with Crippen LogP contribution in [0.25, 0.3) is 10.6 Å². The topological polar surface area (TPSA) is 12.9 Å². The van der Waals surface area contributed by atoms with E-state index in [1.165, 1.54) is 23.5 Å². The molecular weight excluding hydrogens is 387 g/mol. The van der Waals surface area contributed by atoms with Crippen LogP contribution in [-0.2, 0) is 17.8 Å². The second kappa shape index (κ2) is 7.81. The summed E-state index contributed by atoms with van der Waals surface area (Å²) in [7, 11) is 0. The maximum Gasteiger partial charge on any atom is 0.416 e. The lowest BCUT2D eigenvalue weighted by molar-refractivity contribution is -0.137. The van der Waals surface area contributed by atoms with Crippen LogP contribution in [0.4, 0.5) is 13.2 Å². The molecule has 1 nitrogen and oxygen atoms in total. The number of thioether (sulfide) groups is 1. The van der Waals surface area contributed by atoms with Crippen LogP contribution in [0.1, 0.15) is 16.1 Å². The first kappa shape index (κ1) is 18.3. The maximum atomic E-state index is 12.7. The van der Waals surface area contributed by atoms with Gasteiger partial charge in [-0.05, 0) is 24.3 Å². The fourth-order valence-corrected chi connectivity index (χ4v) is 4.43. The Morgan fingerprint density at radius 1 is 1.00 bits per heavy atom. The SMILES string of the molecule is FC(F)(F)c1ccc(-c2nc(CSc3ccccc3)c(CCl)s2)cc1. The fourth-order valence-electron chi connectivity index (χ4n) is 2.19. The zero-order valence-corrected chi connectivity index (χ0v) is 15.3. The van der Waals surface area contributed by atoms with Gasteiger partial charge in [0.05, 0.1) is 17.1 Å². The molecule has 3 aromatic rings. The van der Waals surface area contributed by atoms with E-state index in [-0.39, 0.29) is 0 Å². The lowest BCUT2D eigenvalue weighted by Crippen LogP contribution is -2.03. The van der Waals surface area contributed by atoms with Gasteiger partial charge in [0.25, 0.3) is 0 Å². The molecule has 0 aliphatic heterocycles. The van der Waals surface area contributed by atoms with Gasteiger partial charge in [0.1, 0.15) is 5.01 Å². The van der Waals surface area contributed by atoms with Gasteiger partial charge in [0.15, 0.2) is 0 Å². The van der Waals surface area contributed by atoms with Crippen molar-refractivity contribution in [3.63, 3.8) is 0 Å². The van der Waals surface area contributed by atoms with Crippen LogP contribution in [0.2, 0.25) is 0 Å². The molecule has 3 rings (SSSR count). The highest BCUT2D eigenvalue weighted by atomic mass is 35.5. The molecule has 0 fully saturated rings. The van der Waals surface area contributed by atoms with Crippen LogP contribution in [0.15, 0.2) is 59.5 Å². The van der Waals surface area contributed by atoms with E-state index in [2.05, 4.69) is 4.98 Å². The first-order valence-corrected chi connectivity index (χ1v) is 9.71. The fraction of sp³-hybridized carbons (Fsp3) is 0.167. The first-order chi connectivity index (χ1) is 12.0. The predicted molar refractivity (Wildman–Crippen MR) is 98.1 cm³/mol. The monoisotopic (exact) mass is 399 g/mol. The average molecular weight is 400 g/mol. The van der Waals surface area contributed by atoms with Crippen LogP contribution in [-0.4, -0.2) is 4.98 Å². The van der Waals surface area contributed by atoms with Crippen molar-refractivity contribution in [2.24, 2.45) is 0 Å². The van der Waals surface area contributed by atoms with Crippen molar-refractivity contribution in [1.82, 2.24) is 4.98 Å². The molecule has 0 saturated heterocycles. The van der Waals surface area contributed by atoms with E-state index in [0.29, 0.717) is 22.2 Å². The van der Waals surface area contributed by atoms with Crippen molar-refractivity contribution in [3.8, 4) is 10.6 Å². The second-order valence-electron chi connectivity index (χ2n) is 5.20. The van der Waals surface area contributed by atoms with Gasteiger partial charge < -0.3 is 0 Å². The number of halogens is 4. The predicted octanol–water partition coefficient (Wildman–Crippen LogP) is 6.86. The van der Waals surface area contributed by atoms with E-state index < -0.39 is 11.7 Å². The molecule has 0 aliphatic carbocycles. The summed E-state index contributed by atoms with van der Waals surface area (Å²) in [5.74, 6) is 1.01. The van der Waals surface area contributed by atoms with Crippen LogP contribution in [0, 0.1) is 0 Å². The molecular formula is C18H13ClF3NS2. The zero-order valence-electron chi connectivity index (χ0n) is 12.9.